The zero-order valence-electron chi connectivity index (χ0n) is 12.1. The van der Waals surface area contributed by atoms with E-state index < -0.39 is 0 Å². The maximum absolute atomic E-state index is 12.6. The number of amides is 1. The maximum atomic E-state index is 12.6. The lowest BCUT2D eigenvalue weighted by Crippen LogP contribution is -2.14. The normalized spacial score (nSPS) is 12.9. The molecule has 0 saturated heterocycles. The predicted octanol–water partition coefficient (Wildman–Crippen LogP) is 2.46. The second-order valence-corrected chi connectivity index (χ2v) is 6.17. The number of hydrogen-bond donors (Lipinski definition) is 2. The molecule has 0 bridgehead atoms. The molecule has 4 rings (SSSR count). The van der Waals surface area contributed by atoms with Gasteiger partial charge in [-0.15, -0.1) is 11.3 Å². The van der Waals surface area contributed by atoms with E-state index in [1.807, 2.05) is 12.1 Å². The second-order valence-electron chi connectivity index (χ2n) is 5.08. The third-order valence-corrected chi connectivity index (χ3v) is 4.60. The first-order valence-corrected chi connectivity index (χ1v) is 7.99. The van der Waals surface area contributed by atoms with Crippen LogP contribution in [0.25, 0.3) is 11.3 Å². The lowest BCUT2D eigenvalue weighted by molar-refractivity contribution is 0.102. The molecule has 0 atom stereocenters. The van der Waals surface area contributed by atoms with Gasteiger partial charge in [0, 0.05) is 42.1 Å². The van der Waals surface area contributed by atoms with Gasteiger partial charge in [-0.2, -0.15) is 0 Å². The highest BCUT2D eigenvalue weighted by Crippen LogP contribution is 2.27. The molecule has 1 aliphatic rings. The molecule has 0 spiro atoms. The average molecular weight is 323 g/mol. The number of anilines is 1. The summed E-state index contributed by atoms with van der Waals surface area (Å²) in [7, 11) is 0. The largest absolute Gasteiger partial charge is 0.306 e. The Morgan fingerprint density at radius 3 is 2.87 bits per heavy atom. The van der Waals surface area contributed by atoms with Gasteiger partial charge in [0.05, 0.1) is 17.0 Å². The van der Waals surface area contributed by atoms with Gasteiger partial charge in [-0.3, -0.25) is 20.1 Å². The van der Waals surface area contributed by atoms with Gasteiger partial charge in [0.1, 0.15) is 0 Å². The van der Waals surface area contributed by atoms with Crippen LogP contribution in [0.4, 0.5) is 5.13 Å². The van der Waals surface area contributed by atoms with E-state index in [9.17, 15) is 4.79 Å². The van der Waals surface area contributed by atoms with Crippen LogP contribution in [0.2, 0.25) is 0 Å². The number of hydrogen-bond acceptors (Lipinski definition) is 6. The van der Waals surface area contributed by atoms with Crippen molar-refractivity contribution in [1.82, 2.24) is 20.3 Å². The predicted molar refractivity (Wildman–Crippen MR) is 88.1 cm³/mol. The highest BCUT2D eigenvalue weighted by molar-refractivity contribution is 7.15. The van der Waals surface area contributed by atoms with Crippen LogP contribution in [-0.2, 0) is 13.1 Å². The van der Waals surface area contributed by atoms with Crippen LogP contribution in [0.3, 0.4) is 0 Å². The second kappa shape index (κ2) is 5.86. The molecule has 23 heavy (non-hydrogen) atoms. The number of fused-ring (bicyclic) bond motifs is 1. The van der Waals surface area contributed by atoms with E-state index in [2.05, 4.69) is 25.6 Å². The molecule has 0 unspecified atom stereocenters. The smallest absolute Gasteiger partial charge is 0.259 e. The van der Waals surface area contributed by atoms with Gasteiger partial charge >= 0.3 is 0 Å². The molecule has 0 aromatic carbocycles. The van der Waals surface area contributed by atoms with Crippen molar-refractivity contribution in [1.29, 1.82) is 0 Å². The molecular weight excluding hydrogens is 310 g/mol. The molecule has 114 valence electrons. The standard InChI is InChI=1S/C16H13N5OS/c22-15(21-16-20-12-8-18-9-13(12)23-16)11-2-1-5-19-14(11)10-3-6-17-7-4-10/h1-7,18H,8-9H2,(H,20,21,22). The quantitative estimate of drug-likeness (QED) is 0.774. The first kappa shape index (κ1) is 14.0. The minimum atomic E-state index is -0.203. The maximum Gasteiger partial charge on any atom is 0.259 e. The number of nitrogens with zero attached hydrogens (tertiary/aromatic N) is 3. The van der Waals surface area contributed by atoms with Gasteiger partial charge in [0.25, 0.3) is 5.91 Å². The summed E-state index contributed by atoms with van der Waals surface area (Å²) in [5, 5.41) is 6.74. The Hall–Kier alpha value is -2.64. The number of carbonyl (C=O) groups excluding carboxylic acids is 1. The fourth-order valence-corrected chi connectivity index (χ4v) is 3.44. The summed E-state index contributed by atoms with van der Waals surface area (Å²) in [6.07, 6.45) is 5.05. The highest BCUT2D eigenvalue weighted by atomic mass is 32.1. The van der Waals surface area contributed by atoms with E-state index in [0.717, 1.165) is 24.3 Å². The fraction of sp³-hybridized carbons (Fsp3) is 0.125. The van der Waals surface area contributed by atoms with Crippen LogP contribution in [0, 0.1) is 0 Å². The van der Waals surface area contributed by atoms with Crippen molar-refractivity contribution in [3.05, 3.63) is 59.0 Å². The minimum Gasteiger partial charge on any atom is -0.306 e. The summed E-state index contributed by atoms with van der Waals surface area (Å²) < 4.78 is 0. The summed E-state index contributed by atoms with van der Waals surface area (Å²) in [6, 6.07) is 7.19. The summed E-state index contributed by atoms with van der Waals surface area (Å²) in [5.74, 6) is -0.203. The van der Waals surface area contributed by atoms with Gasteiger partial charge in [0.2, 0.25) is 0 Å². The molecule has 3 aromatic rings. The SMILES string of the molecule is O=C(Nc1nc2c(s1)CNC2)c1cccnc1-c1ccncc1. The van der Waals surface area contributed by atoms with Crippen molar-refractivity contribution in [2.24, 2.45) is 0 Å². The first-order chi connectivity index (χ1) is 11.3. The molecule has 3 aromatic heterocycles. The number of rotatable bonds is 3. The third-order valence-electron chi connectivity index (χ3n) is 3.58. The van der Waals surface area contributed by atoms with E-state index in [4.69, 9.17) is 0 Å². The van der Waals surface area contributed by atoms with Crippen molar-refractivity contribution < 1.29 is 4.79 Å². The summed E-state index contributed by atoms with van der Waals surface area (Å²) >= 11 is 1.51. The van der Waals surface area contributed by atoms with Gasteiger partial charge in [0.15, 0.2) is 5.13 Å². The lowest BCUT2D eigenvalue weighted by Gasteiger charge is -2.07. The van der Waals surface area contributed by atoms with E-state index in [0.29, 0.717) is 16.4 Å². The van der Waals surface area contributed by atoms with Crippen molar-refractivity contribution >= 4 is 22.4 Å². The molecule has 6 nitrogen and oxygen atoms in total. The fourth-order valence-electron chi connectivity index (χ4n) is 2.50. The molecule has 2 N–H and O–H groups in total. The Bertz CT molecular complexity index is 840. The molecule has 0 aliphatic carbocycles. The highest BCUT2D eigenvalue weighted by Gasteiger charge is 2.19. The van der Waals surface area contributed by atoms with Crippen molar-refractivity contribution in [3.63, 3.8) is 0 Å². The van der Waals surface area contributed by atoms with Crippen molar-refractivity contribution in [2.45, 2.75) is 13.1 Å². The summed E-state index contributed by atoms with van der Waals surface area (Å²) in [5.41, 5.74) is 3.03. The van der Waals surface area contributed by atoms with Gasteiger partial charge in [-0.05, 0) is 24.3 Å². The van der Waals surface area contributed by atoms with Crippen LogP contribution < -0.4 is 10.6 Å². The number of carbonyl (C=O) groups is 1. The molecule has 4 heterocycles. The van der Waals surface area contributed by atoms with E-state index in [1.54, 1.807) is 30.7 Å². The third kappa shape index (κ3) is 2.71. The Morgan fingerprint density at radius 1 is 1.17 bits per heavy atom. The van der Waals surface area contributed by atoms with E-state index >= 15 is 0 Å². The molecule has 7 heteroatoms. The number of nitrogens with one attached hydrogen (secondary N) is 2. The number of aromatic nitrogens is 3. The van der Waals surface area contributed by atoms with Gasteiger partial charge in [-0.1, -0.05) is 0 Å². The molecule has 0 saturated carbocycles. The lowest BCUT2D eigenvalue weighted by atomic mass is 10.1. The molecule has 0 fully saturated rings. The Labute approximate surface area is 136 Å². The Kier molecular flexibility index (Phi) is 3.57. The zero-order valence-corrected chi connectivity index (χ0v) is 12.9. The summed E-state index contributed by atoms with van der Waals surface area (Å²) in [6.45, 7) is 1.58. The van der Waals surface area contributed by atoms with E-state index in [1.165, 1.54) is 16.2 Å². The summed E-state index contributed by atoms with van der Waals surface area (Å²) in [4.78, 5) is 26.6. The molecule has 0 radical (unpaired) electrons. The van der Waals surface area contributed by atoms with Crippen LogP contribution in [0.15, 0.2) is 42.9 Å². The zero-order chi connectivity index (χ0) is 15.6. The van der Waals surface area contributed by atoms with Crippen molar-refractivity contribution in [3.8, 4) is 11.3 Å². The van der Waals surface area contributed by atoms with Gasteiger partial charge in [-0.25, -0.2) is 4.98 Å². The monoisotopic (exact) mass is 323 g/mol. The van der Waals surface area contributed by atoms with Crippen molar-refractivity contribution in [2.75, 3.05) is 5.32 Å². The number of pyridine rings is 2. The molecule has 1 amide bonds. The Morgan fingerprint density at radius 2 is 2.04 bits per heavy atom. The topological polar surface area (TPSA) is 79.8 Å². The van der Waals surface area contributed by atoms with E-state index in [-0.39, 0.29) is 5.91 Å². The molecular formula is C16H13N5OS. The minimum absolute atomic E-state index is 0.203. The first-order valence-electron chi connectivity index (χ1n) is 7.17. The van der Waals surface area contributed by atoms with Crippen LogP contribution in [-0.4, -0.2) is 20.9 Å². The average Bonchev–Trinajstić information content (AvgIpc) is 3.17. The molecule has 1 aliphatic heterocycles. The van der Waals surface area contributed by atoms with Crippen LogP contribution >= 0.6 is 11.3 Å². The van der Waals surface area contributed by atoms with Crippen LogP contribution in [0.5, 0.6) is 0 Å². The van der Waals surface area contributed by atoms with Gasteiger partial charge < -0.3 is 5.32 Å². The number of thiazole rings is 1. The Balaban J connectivity index is 1.63. The van der Waals surface area contributed by atoms with Crippen LogP contribution in [0.1, 0.15) is 20.9 Å².